The van der Waals surface area contributed by atoms with Crippen molar-refractivity contribution in [3.05, 3.63) is 48.2 Å². The summed E-state index contributed by atoms with van der Waals surface area (Å²) < 4.78 is 15.7. The van der Waals surface area contributed by atoms with E-state index in [1.165, 1.54) is 6.20 Å². The largest absolute Gasteiger partial charge is 0.481 e. The number of ether oxygens (including phenoxy) is 3. The molecule has 0 saturated heterocycles. The van der Waals surface area contributed by atoms with Gasteiger partial charge < -0.3 is 19.5 Å². The van der Waals surface area contributed by atoms with Gasteiger partial charge in [0.1, 0.15) is 12.4 Å². The van der Waals surface area contributed by atoms with Crippen LogP contribution in [-0.4, -0.2) is 37.8 Å². The Morgan fingerprint density at radius 3 is 2.60 bits per heavy atom. The van der Waals surface area contributed by atoms with E-state index in [0.717, 1.165) is 6.42 Å². The SMILES string of the molecule is C#CCOc1ccc(NC(=O)c2ccc(OCCCOC)nc2)cc1. The number of rotatable bonds is 9. The van der Waals surface area contributed by atoms with Crippen molar-refractivity contribution in [2.75, 3.05) is 32.2 Å². The number of benzene rings is 1. The van der Waals surface area contributed by atoms with E-state index in [9.17, 15) is 4.79 Å². The Labute approximate surface area is 147 Å². The van der Waals surface area contributed by atoms with Crippen molar-refractivity contribution >= 4 is 11.6 Å². The Kier molecular flexibility index (Phi) is 7.29. The van der Waals surface area contributed by atoms with Crippen LogP contribution in [0.2, 0.25) is 0 Å². The van der Waals surface area contributed by atoms with Gasteiger partial charge in [-0.05, 0) is 30.3 Å². The Balaban J connectivity index is 1.86. The number of nitrogens with zero attached hydrogens (tertiary/aromatic N) is 1. The van der Waals surface area contributed by atoms with E-state index >= 15 is 0 Å². The van der Waals surface area contributed by atoms with E-state index in [1.54, 1.807) is 43.5 Å². The third kappa shape index (κ3) is 6.16. The number of carbonyl (C=O) groups is 1. The first kappa shape index (κ1) is 18.3. The van der Waals surface area contributed by atoms with Gasteiger partial charge in [-0.25, -0.2) is 4.98 Å². The maximum atomic E-state index is 12.2. The van der Waals surface area contributed by atoms with Crippen LogP contribution in [0.4, 0.5) is 5.69 Å². The summed E-state index contributed by atoms with van der Waals surface area (Å²) in [6.07, 6.45) is 7.39. The molecule has 1 aromatic heterocycles. The van der Waals surface area contributed by atoms with Crippen LogP contribution in [-0.2, 0) is 4.74 Å². The molecule has 0 unspecified atom stereocenters. The van der Waals surface area contributed by atoms with E-state index in [2.05, 4.69) is 16.2 Å². The summed E-state index contributed by atoms with van der Waals surface area (Å²) in [5, 5.41) is 2.79. The molecule has 2 rings (SSSR count). The third-order valence-electron chi connectivity index (χ3n) is 3.18. The number of methoxy groups -OCH3 is 1. The van der Waals surface area contributed by atoms with Gasteiger partial charge in [-0.3, -0.25) is 4.79 Å². The highest BCUT2D eigenvalue weighted by Crippen LogP contribution is 2.17. The molecular weight excluding hydrogens is 320 g/mol. The number of hydrogen-bond donors (Lipinski definition) is 1. The fraction of sp³-hybridized carbons (Fsp3) is 0.263. The molecule has 0 aliphatic carbocycles. The molecule has 6 heteroatoms. The minimum absolute atomic E-state index is 0.206. The molecule has 0 aliphatic heterocycles. The fourth-order valence-electron chi connectivity index (χ4n) is 1.94. The first-order valence-corrected chi connectivity index (χ1v) is 7.78. The Hall–Kier alpha value is -3.04. The Morgan fingerprint density at radius 1 is 1.16 bits per heavy atom. The van der Waals surface area contributed by atoms with E-state index in [1.807, 2.05) is 0 Å². The molecule has 6 nitrogen and oxygen atoms in total. The fourth-order valence-corrected chi connectivity index (χ4v) is 1.94. The van der Waals surface area contributed by atoms with Crippen molar-refractivity contribution in [3.8, 4) is 24.0 Å². The molecule has 0 spiro atoms. The second-order valence-corrected chi connectivity index (χ2v) is 5.05. The summed E-state index contributed by atoms with van der Waals surface area (Å²) >= 11 is 0. The van der Waals surface area contributed by atoms with Crippen LogP contribution in [0.5, 0.6) is 11.6 Å². The number of terminal acetylenes is 1. The predicted molar refractivity (Wildman–Crippen MR) is 94.9 cm³/mol. The molecule has 0 radical (unpaired) electrons. The smallest absolute Gasteiger partial charge is 0.257 e. The van der Waals surface area contributed by atoms with Crippen molar-refractivity contribution in [2.24, 2.45) is 0 Å². The van der Waals surface area contributed by atoms with Crippen molar-refractivity contribution in [3.63, 3.8) is 0 Å². The van der Waals surface area contributed by atoms with Gasteiger partial charge in [0.2, 0.25) is 5.88 Å². The van der Waals surface area contributed by atoms with Crippen LogP contribution in [0, 0.1) is 12.3 Å². The van der Waals surface area contributed by atoms with Crippen LogP contribution < -0.4 is 14.8 Å². The molecule has 0 bridgehead atoms. The molecule has 0 aliphatic rings. The summed E-state index contributed by atoms with van der Waals surface area (Å²) in [5.41, 5.74) is 1.09. The second kappa shape index (κ2) is 9.96. The molecule has 0 atom stereocenters. The lowest BCUT2D eigenvalue weighted by Gasteiger charge is -2.08. The number of nitrogens with one attached hydrogen (secondary N) is 1. The summed E-state index contributed by atoms with van der Waals surface area (Å²) in [7, 11) is 1.64. The molecule has 25 heavy (non-hydrogen) atoms. The first-order valence-electron chi connectivity index (χ1n) is 7.78. The van der Waals surface area contributed by atoms with Crippen LogP contribution in [0.1, 0.15) is 16.8 Å². The van der Waals surface area contributed by atoms with Gasteiger partial charge >= 0.3 is 0 Å². The van der Waals surface area contributed by atoms with Gasteiger partial charge in [0.25, 0.3) is 5.91 Å². The van der Waals surface area contributed by atoms with E-state index < -0.39 is 0 Å². The van der Waals surface area contributed by atoms with Crippen molar-refractivity contribution in [2.45, 2.75) is 6.42 Å². The molecular formula is C19H20N2O4. The van der Waals surface area contributed by atoms with Crippen LogP contribution in [0.3, 0.4) is 0 Å². The Morgan fingerprint density at radius 2 is 1.96 bits per heavy atom. The first-order chi connectivity index (χ1) is 12.2. The monoisotopic (exact) mass is 340 g/mol. The average molecular weight is 340 g/mol. The van der Waals surface area contributed by atoms with Gasteiger partial charge in [-0.1, -0.05) is 5.92 Å². The third-order valence-corrected chi connectivity index (χ3v) is 3.18. The zero-order valence-corrected chi connectivity index (χ0v) is 14.0. The van der Waals surface area contributed by atoms with Crippen molar-refractivity contribution in [1.82, 2.24) is 4.98 Å². The lowest BCUT2D eigenvalue weighted by molar-refractivity contribution is 0.102. The molecule has 1 aromatic carbocycles. The van der Waals surface area contributed by atoms with Crippen LogP contribution in [0.15, 0.2) is 42.6 Å². The summed E-state index contributed by atoms with van der Waals surface area (Å²) in [5.74, 6) is 3.26. The maximum absolute atomic E-state index is 12.2. The number of hydrogen-bond acceptors (Lipinski definition) is 5. The van der Waals surface area contributed by atoms with E-state index in [0.29, 0.717) is 36.1 Å². The lowest BCUT2D eigenvalue weighted by Crippen LogP contribution is -2.12. The molecule has 1 heterocycles. The van der Waals surface area contributed by atoms with Gasteiger partial charge in [-0.15, -0.1) is 6.42 Å². The highest BCUT2D eigenvalue weighted by atomic mass is 16.5. The number of pyridine rings is 1. The summed E-state index contributed by atoms with van der Waals surface area (Å²) in [6.45, 7) is 1.35. The van der Waals surface area contributed by atoms with Crippen molar-refractivity contribution < 1.29 is 19.0 Å². The second-order valence-electron chi connectivity index (χ2n) is 5.05. The van der Waals surface area contributed by atoms with E-state index in [4.69, 9.17) is 20.6 Å². The van der Waals surface area contributed by atoms with E-state index in [-0.39, 0.29) is 12.5 Å². The molecule has 1 N–H and O–H groups in total. The number of amides is 1. The molecule has 0 fully saturated rings. The van der Waals surface area contributed by atoms with Crippen LogP contribution in [0.25, 0.3) is 0 Å². The summed E-state index contributed by atoms with van der Waals surface area (Å²) in [6, 6.07) is 10.3. The zero-order valence-electron chi connectivity index (χ0n) is 14.0. The van der Waals surface area contributed by atoms with Gasteiger partial charge in [-0.2, -0.15) is 0 Å². The standard InChI is InChI=1S/C19H20N2O4/c1-3-11-24-17-8-6-16(7-9-17)21-19(22)15-5-10-18(20-14-15)25-13-4-12-23-2/h1,5-10,14H,4,11-13H2,2H3,(H,21,22). The van der Waals surface area contributed by atoms with Gasteiger partial charge in [0.05, 0.1) is 12.2 Å². The zero-order chi connectivity index (χ0) is 17.9. The highest BCUT2D eigenvalue weighted by molar-refractivity contribution is 6.04. The van der Waals surface area contributed by atoms with Crippen molar-refractivity contribution in [1.29, 1.82) is 0 Å². The average Bonchev–Trinajstić information content (AvgIpc) is 2.65. The van der Waals surface area contributed by atoms with Crippen LogP contribution >= 0.6 is 0 Å². The summed E-state index contributed by atoms with van der Waals surface area (Å²) in [4.78, 5) is 16.3. The Bertz CT molecular complexity index is 706. The van der Waals surface area contributed by atoms with Gasteiger partial charge in [0.15, 0.2) is 0 Å². The number of aromatic nitrogens is 1. The molecule has 1 amide bonds. The minimum atomic E-state index is -0.254. The normalized spacial score (nSPS) is 9.92. The predicted octanol–water partition coefficient (Wildman–Crippen LogP) is 2.76. The lowest BCUT2D eigenvalue weighted by atomic mass is 10.2. The number of carbonyl (C=O) groups excluding carboxylic acids is 1. The quantitative estimate of drug-likeness (QED) is 0.561. The number of anilines is 1. The molecule has 130 valence electrons. The highest BCUT2D eigenvalue weighted by Gasteiger charge is 2.07. The topological polar surface area (TPSA) is 69.7 Å². The maximum Gasteiger partial charge on any atom is 0.257 e. The minimum Gasteiger partial charge on any atom is -0.481 e. The molecule has 2 aromatic rings. The van der Waals surface area contributed by atoms with Gasteiger partial charge in [0, 0.05) is 38.1 Å². The molecule has 0 saturated carbocycles.